The van der Waals surface area contributed by atoms with Crippen molar-refractivity contribution in [3.8, 4) is 5.75 Å². The molecule has 0 saturated heterocycles. The molecule has 0 aromatic heterocycles. The molecular formula is C20H35N3O2. The number of carbonyl (C=O) groups is 1. The molecule has 0 heterocycles. The monoisotopic (exact) mass is 349 g/mol. The minimum Gasteiger partial charge on any atom is -0.497 e. The van der Waals surface area contributed by atoms with E-state index in [2.05, 4.69) is 43.2 Å². The first kappa shape index (κ1) is 21.3. The number of nitrogens with zero attached hydrogens (tertiary/aromatic N) is 2. The smallest absolute Gasteiger partial charge is 0.317 e. The average Bonchev–Trinajstić information content (AvgIpc) is 2.61. The Balaban J connectivity index is 2.13. The van der Waals surface area contributed by atoms with Gasteiger partial charge in [-0.2, -0.15) is 0 Å². The van der Waals surface area contributed by atoms with Gasteiger partial charge in [0.05, 0.1) is 7.11 Å². The highest BCUT2D eigenvalue weighted by Crippen LogP contribution is 2.12. The molecule has 5 nitrogen and oxygen atoms in total. The average molecular weight is 350 g/mol. The van der Waals surface area contributed by atoms with Gasteiger partial charge in [0.2, 0.25) is 0 Å². The fourth-order valence-corrected chi connectivity index (χ4v) is 2.49. The van der Waals surface area contributed by atoms with Crippen LogP contribution in [0.15, 0.2) is 24.3 Å². The van der Waals surface area contributed by atoms with Crippen LogP contribution in [-0.4, -0.2) is 62.7 Å². The van der Waals surface area contributed by atoms with Crippen LogP contribution in [0.1, 0.15) is 38.7 Å². The number of unbranched alkanes of at least 4 members (excludes halogenated alkanes) is 1. The van der Waals surface area contributed by atoms with E-state index in [1.165, 1.54) is 5.56 Å². The first-order chi connectivity index (χ1) is 11.9. The number of nitrogens with one attached hydrogen (secondary N) is 1. The molecule has 1 aromatic rings. The van der Waals surface area contributed by atoms with E-state index in [4.69, 9.17) is 4.74 Å². The molecule has 0 saturated carbocycles. The minimum atomic E-state index is 0.0203. The van der Waals surface area contributed by atoms with Gasteiger partial charge in [-0.1, -0.05) is 12.1 Å². The van der Waals surface area contributed by atoms with Crippen LogP contribution in [0.2, 0.25) is 0 Å². The number of benzene rings is 1. The van der Waals surface area contributed by atoms with Crippen LogP contribution >= 0.6 is 0 Å². The van der Waals surface area contributed by atoms with Gasteiger partial charge in [0.25, 0.3) is 0 Å². The summed E-state index contributed by atoms with van der Waals surface area (Å²) < 4.78 is 5.16. The highest BCUT2D eigenvalue weighted by atomic mass is 16.5. The van der Waals surface area contributed by atoms with Crippen molar-refractivity contribution in [2.24, 2.45) is 0 Å². The molecule has 142 valence electrons. The molecule has 0 aliphatic carbocycles. The van der Waals surface area contributed by atoms with Crippen LogP contribution in [0.5, 0.6) is 5.75 Å². The fourth-order valence-electron chi connectivity index (χ4n) is 2.49. The summed E-state index contributed by atoms with van der Waals surface area (Å²) in [6, 6.07) is 8.70. The number of carbonyl (C=O) groups excluding carboxylic acids is 1. The predicted molar refractivity (Wildman–Crippen MR) is 104 cm³/mol. The molecule has 0 unspecified atom stereocenters. The standard InChI is InChI=1S/C20H35N3O2/c1-17(2)22(3)15-7-6-14-21-20(24)23(4)16-8-9-18-10-12-19(25-5)13-11-18/h10-13,17H,6-9,14-16H2,1-5H3,(H,21,24). The first-order valence-electron chi connectivity index (χ1n) is 9.26. The van der Waals surface area contributed by atoms with E-state index < -0.39 is 0 Å². The van der Waals surface area contributed by atoms with Gasteiger partial charge < -0.3 is 19.9 Å². The lowest BCUT2D eigenvalue weighted by atomic mass is 10.1. The Morgan fingerprint density at radius 2 is 1.76 bits per heavy atom. The Kier molecular flexibility index (Phi) is 10.0. The van der Waals surface area contributed by atoms with Crippen molar-refractivity contribution in [3.05, 3.63) is 29.8 Å². The van der Waals surface area contributed by atoms with Crippen molar-refractivity contribution in [2.45, 2.75) is 45.6 Å². The van der Waals surface area contributed by atoms with Crippen LogP contribution < -0.4 is 10.1 Å². The summed E-state index contributed by atoms with van der Waals surface area (Å²) in [5.41, 5.74) is 1.27. The van der Waals surface area contributed by atoms with Crippen LogP contribution in [0, 0.1) is 0 Å². The fraction of sp³-hybridized carbons (Fsp3) is 0.650. The third-order valence-corrected chi connectivity index (χ3v) is 4.56. The summed E-state index contributed by atoms with van der Waals surface area (Å²) in [6.45, 7) is 6.97. The van der Waals surface area contributed by atoms with Crippen LogP contribution in [-0.2, 0) is 6.42 Å². The van der Waals surface area contributed by atoms with Gasteiger partial charge in [-0.15, -0.1) is 0 Å². The summed E-state index contributed by atoms with van der Waals surface area (Å²) in [5.74, 6) is 0.875. The number of ether oxygens (including phenoxy) is 1. The molecular weight excluding hydrogens is 314 g/mol. The van der Waals surface area contributed by atoms with E-state index in [0.29, 0.717) is 6.04 Å². The van der Waals surface area contributed by atoms with Crippen molar-refractivity contribution in [2.75, 3.05) is 40.8 Å². The van der Waals surface area contributed by atoms with Crippen molar-refractivity contribution in [1.29, 1.82) is 0 Å². The van der Waals surface area contributed by atoms with Crippen molar-refractivity contribution in [3.63, 3.8) is 0 Å². The van der Waals surface area contributed by atoms with Crippen molar-refractivity contribution < 1.29 is 9.53 Å². The summed E-state index contributed by atoms with van der Waals surface area (Å²) in [6.07, 6.45) is 4.04. The Bertz CT molecular complexity index is 488. The van der Waals surface area contributed by atoms with Gasteiger partial charge in [0, 0.05) is 26.2 Å². The lowest BCUT2D eigenvalue weighted by Gasteiger charge is -2.21. The molecule has 5 heteroatoms. The zero-order valence-corrected chi connectivity index (χ0v) is 16.5. The van der Waals surface area contributed by atoms with Crippen molar-refractivity contribution in [1.82, 2.24) is 15.1 Å². The second-order valence-electron chi connectivity index (χ2n) is 6.89. The maximum Gasteiger partial charge on any atom is 0.317 e. The quantitative estimate of drug-likeness (QED) is 0.623. The molecule has 0 atom stereocenters. The zero-order valence-electron chi connectivity index (χ0n) is 16.5. The normalized spacial score (nSPS) is 11.0. The summed E-state index contributed by atoms with van der Waals surface area (Å²) in [4.78, 5) is 16.2. The summed E-state index contributed by atoms with van der Waals surface area (Å²) >= 11 is 0. The molecule has 2 amide bonds. The van der Waals surface area contributed by atoms with E-state index in [-0.39, 0.29) is 6.03 Å². The molecule has 1 N–H and O–H groups in total. The largest absolute Gasteiger partial charge is 0.497 e. The van der Waals surface area contributed by atoms with Crippen molar-refractivity contribution >= 4 is 6.03 Å². The molecule has 0 bridgehead atoms. The minimum absolute atomic E-state index is 0.0203. The van der Waals surface area contributed by atoms with E-state index in [1.807, 2.05) is 19.2 Å². The lowest BCUT2D eigenvalue weighted by Crippen LogP contribution is -2.38. The Hall–Kier alpha value is -1.75. The SMILES string of the molecule is COc1ccc(CCCN(C)C(=O)NCCCCN(C)C(C)C)cc1. The Morgan fingerprint density at radius 3 is 2.36 bits per heavy atom. The third kappa shape index (κ3) is 8.77. The number of hydrogen-bond acceptors (Lipinski definition) is 3. The molecule has 0 aliphatic heterocycles. The van der Waals surface area contributed by atoms with E-state index in [9.17, 15) is 4.79 Å². The van der Waals surface area contributed by atoms with Crippen LogP contribution in [0.25, 0.3) is 0 Å². The number of rotatable bonds is 11. The van der Waals surface area contributed by atoms with Gasteiger partial charge in [0.15, 0.2) is 0 Å². The van der Waals surface area contributed by atoms with Gasteiger partial charge in [-0.05, 0) is 70.8 Å². The highest BCUT2D eigenvalue weighted by Gasteiger charge is 2.08. The number of hydrogen-bond donors (Lipinski definition) is 1. The molecule has 0 fully saturated rings. The Labute approximate surface area is 153 Å². The van der Waals surface area contributed by atoms with Crippen LogP contribution in [0.3, 0.4) is 0 Å². The highest BCUT2D eigenvalue weighted by molar-refractivity contribution is 5.73. The molecule has 1 rings (SSSR count). The van der Waals surface area contributed by atoms with Gasteiger partial charge in [0.1, 0.15) is 5.75 Å². The molecule has 0 spiro atoms. The van der Waals surface area contributed by atoms with Gasteiger partial charge in [-0.3, -0.25) is 0 Å². The summed E-state index contributed by atoms with van der Waals surface area (Å²) in [5, 5.41) is 3.00. The summed E-state index contributed by atoms with van der Waals surface area (Å²) in [7, 11) is 5.67. The predicted octanol–water partition coefficient (Wildman–Crippen LogP) is 3.39. The van der Waals surface area contributed by atoms with E-state index in [1.54, 1.807) is 12.0 Å². The zero-order chi connectivity index (χ0) is 18.7. The lowest BCUT2D eigenvalue weighted by molar-refractivity contribution is 0.207. The second-order valence-corrected chi connectivity index (χ2v) is 6.89. The number of amides is 2. The number of urea groups is 1. The molecule has 0 aliphatic rings. The Morgan fingerprint density at radius 1 is 1.08 bits per heavy atom. The second kappa shape index (κ2) is 11.7. The maximum absolute atomic E-state index is 12.1. The molecule has 25 heavy (non-hydrogen) atoms. The number of aryl methyl sites for hydroxylation is 1. The van der Waals surface area contributed by atoms with Gasteiger partial charge in [-0.25, -0.2) is 4.79 Å². The topological polar surface area (TPSA) is 44.8 Å². The first-order valence-corrected chi connectivity index (χ1v) is 9.26. The third-order valence-electron chi connectivity index (χ3n) is 4.56. The van der Waals surface area contributed by atoms with E-state index >= 15 is 0 Å². The van der Waals surface area contributed by atoms with Crippen LogP contribution in [0.4, 0.5) is 4.79 Å². The molecule has 0 radical (unpaired) electrons. The van der Waals surface area contributed by atoms with E-state index in [0.717, 1.165) is 51.1 Å². The number of methoxy groups -OCH3 is 1. The maximum atomic E-state index is 12.1. The van der Waals surface area contributed by atoms with Gasteiger partial charge >= 0.3 is 6.03 Å². The molecule has 1 aromatic carbocycles.